The lowest BCUT2D eigenvalue weighted by Crippen LogP contribution is -2.15. The van der Waals surface area contributed by atoms with Crippen LogP contribution < -0.4 is 15.7 Å². The molecule has 0 radical (unpaired) electrons. The lowest BCUT2D eigenvalue weighted by molar-refractivity contribution is 0.965. The van der Waals surface area contributed by atoms with Crippen molar-refractivity contribution in [2.24, 2.45) is 0 Å². The summed E-state index contributed by atoms with van der Waals surface area (Å²) in [4.78, 5) is 15.5. The van der Waals surface area contributed by atoms with E-state index < -0.39 is 0 Å². The Morgan fingerprint density at radius 2 is 1.72 bits per heavy atom. The predicted octanol–water partition coefficient (Wildman–Crippen LogP) is 2.57. The van der Waals surface area contributed by atoms with Crippen LogP contribution in [0.5, 0.6) is 0 Å². The van der Waals surface area contributed by atoms with E-state index in [4.69, 9.17) is 11.6 Å². The van der Waals surface area contributed by atoms with Crippen molar-refractivity contribution in [3.8, 4) is 11.4 Å². The van der Waals surface area contributed by atoms with Crippen molar-refractivity contribution in [2.45, 2.75) is 6.92 Å². The van der Waals surface area contributed by atoms with E-state index in [0.29, 0.717) is 22.7 Å². The molecule has 0 saturated heterocycles. The SMILES string of the molecule is Bc1ccc(Nc2nc(-c3cc(Cl)ccc3C)nc(N(C)C)n2)cc1. The zero-order valence-corrected chi connectivity index (χ0v) is 15.5. The Kier molecular flexibility index (Phi) is 4.90. The zero-order valence-electron chi connectivity index (χ0n) is 14.7. The number of hydrogen-bond acceptors (Lipinski definition) is 5. The van der Waals surface area contributed by atoms with Crippen molar-refractivity contribution in [3.05, 3.63) is 53.1 Å². The van der Waals surface area contributed by atoms with Gasteiger partial charge in [0.1, 0.15) is 7.85 Å². The molecule has 0 aliphatic rings. The molecule has 0 saturated carbocycles. The second kappa shape index (κ2) is 7.11. The molecule has 1 N–H and O–H groups in total. The molecular weight excluding hydrogens is 332 g/mol. The van der Waals surface area contributed by atoms with E-state index in [2.05, 4.69) is 28.1 Å². The number of aryl methyl sites for hydroxylation is 1. The molecule has 3 rings (SSSR count). The first-order valence-electron chi connectivity index (χ1n) is 7.96. The van der Waals surface area contributed by atoms with Gasteiger partial charge in [0.15, 0.2) is 5.82 Å². The summed E-state index contributed by atoms with van der Waals surface area (Å²) < 4.78 is 0. The van der Waals surface area contributed by atoms with Crippen LogP contribution >= 0.6 is 11.6 Å². The number of rotatable bonds is 4. The van der Waals surface area contributed by atoms with Crippen molar-refractivity contribution in [2.75, 3.05) is 24.3 Å². The molecule has 0 amide bonds. The lowest BCUT2D eigenvalue weighted by atomic mass is 9.96. The molecular formula is C18H19BClN5. The molecule has 0 spiro atoms. The quantitative estimate of drug-likeness (QED) is 0.732. The van der Waals surface area contributed by atoms with Gasteiger partial charge in [-0.1, -0.05) is 35.3 Å². The van der Waals surface area contributed by atoms with Crippen LogP contribution in [0.4, 0.5) is 17.6 Å². The molecule has 0 unspecified atom stereocenters. The Labute approximate surface area is 153 Å². The fourth-order valence-electron chi connectivity index (χ4n) is 2.34. The van der Waals surface area contributed by atoms with Gasteiger partial charge in [-0.15, -0.1) is 0 Å². The second-order valence-electron chi connectivity index (χ2n) is 6.13. The van der Waals surface area contributed by atoms with E-state index in [0.717, 1.165) is 16.8 Å². The second-order valence-corrected chi connectivity index (χ2v) is 6.56. The van der Waals surface area contributed by atoms with Gasteiger partial charge in [-0.25, -0.2) is 0 Å². The molecule has 25 heavy (non-hydrogen) atoms. The average molecular weight is 352 g/mol. The average Bonchev–Trinajstić information content (AvgIpc) is 2.59. The van der Waals surface area contributed by atoms with Crippen LogP contribution in [0.25, 0.3) is 11.4 Å². The standard InChI is InChI=1S/C18H19BClN5/c1-11-4-7-13(20)10-15(11)16-22-17(24-18(23-16)25(2)3)21-14-8-5-12(19)6-9-14/h4-10H,19H2,1-3H3,(H,21,22,23,24). The molecule has 7 heteroatoms. The van der Waals surface area contributed by atoms with Crippen LogP contribution in [0.3, 0.4) is 0 Å². The van der Waals surface area contributed by atoms with Crippen LogP contribution in [0.15, 0.2) is 42.5 Å². The molecule has 5 nitrogen and oxygen atoms in total. The molecule has 3 aromatic rings. The largest absolute Gasteiger partial charge is 0.347 e. The number of hydrogen-bond donors (Lipinski definition) is 1. The normalized spacial score (nSPS) is 10.6. The minimum absolute atomic E-state index is 0.497. The van der Waals surface area contributed by atoms with Crippen molar-refractivity contribution >= 4 is 42.5 Å². The highest BCUT2D eigenvalue weighted by Crippen LogP contribution is 2.26. The Morgan fingerprint density at radius 1 is 1.00 bits per heavy atom. The third-order valence-corrected chi connectivity index (χ3v) is 4.01. The Morgan fingerprint density at radius 3 is 2.40 bits per heavy atom. The van der Waals surface area contributed by atoms with Gasteiger partial charge in [0.25, 0.3) is 0 Å². The first-order valence-corrected chi connectivity index (χ1v) is 8.34. The summed E-state index contributed by atoms with van der Waals surface area (Å²) in [6, 6.07) is 13.8. The predicted molar refractivity (Wildman–Crippen MR) is 107 cm³/mol. The van der Waals surface area contributed by atoms with Crippen LogP contribution in [0.2, 0.25) is 5.02 Å². The van der Waals surface area contributed by atoms with Crippen molar-refractivity contribution in [3.63, 3.8) is 0 Å². The van der Waals surface area contributed by atoms with Gasteiger partial charge in [-0.05, 0) is 36.8 Å². The summed E-state index contributed by atoms with van der Waals surface area (Å²) >= 11 is 6.16. The summed E-state index contributed by atoms with van der Waals surface area (Å²) in [5.41, 5.74) is 4.08. The number of anilines is 3. The van der Waals surface area contributed by atoms with Gasteiger partial charge < -0.3 is 10.2 Å². The molecule has 1 heterocycles. The third kappa shape index (κ3) is 4.09. The number of aromatic nitrogens is 3. The fourth-order valence-corrected chi connectivity index (χ4v) is 2.51. The molecule has 0 aliphatic heterocycles. The minimum Gasteiger partial charge on any atom is -0.347 e. The smallest absolute Gasteiger partial charge is 0.232 e. The summed E-state index contributed by atoms with van der Waals surface area (Å²) in [5, 5.41) is 3.90. The molecule has 0 aliphatic carbocycles. The minimum atomic E-state index is 0.497. The van der Waals surface area contributed by atoms with Crippen LogP contribution in [-0.4, -0.2) is 36.9 Å². The third-order valence-electron chi connectivity index (χ3n) is 3.77. The maximum Gasteiger partial charge on any atom is 0.232 e. The molecule has 1 aromatic heterocycles. The van der Waals surface area contributed by atoms with Crippen molar-refractivity contribution in [1.29, 1.82) is 0 Å². The van der Waals surface area contributed by atoms with E-state index in [1.807, 2.05) is 68.4 Å². The summed E-state index contributed by atoms with van der Waals surface area (Å²) in [5.74, 6) is 1.67. The first-order chi connectivity index (χ1) is 11.9. The van der Waals surface area contributed by atoms with E-state index in [1.54, 1.807) is 0 Å². The van der Waals surface area contributed by atoms with Crippen molar-refractivity contribution in [1.82, 2.24) is 15.0 Å². The van der Waals surface area contributed by atoms with Crippen LogP contribution in [0, 0.1) is 6.92 Å². The molecule has 2 aromatic carbocycles. The maximum atomic E-state index is 6.16. The molecule has 0 fully saturated rings. The van der Waals surface area contributed by atoms with Gasteiger partial charge in [-0.3, -0.25) is 0 Å². The van der Waals surface area contributed by atoms with E-state index in [9.17, 15) is 0 Å². The highest BCUT2D eigenvalue weighted by Gasteiger charge is 2.12. The van der Waals surface area contributed by atoms with Gasteiger partial charge in [-0.2, -0.15) is 15.0 Å². The van der Waals surface area contributed by atoms with Gasteiger partial charge in [0, 0.05) is 30.4 Å². The first kappa shape index (κ1) is 17.2. The van der Waals surface area contributed by atoms with E-state index >= 15 is 0 Å². The topological polar surface area (TPSA) is 53.9 Å². The van der Waals surface area contributed by atoms with Gasteiger partial charge in [0.2, 0.25) is 11.9 Å². The Hall–Kier alpha value is -2.60. The maximum absolute atomic E-state index is 6.16. The number of benzene rings is 2. The number of halogens is 1. The summed E-state index contributed by atoms with van der Waals surface area (Å²) in [7, 11) is 5.86. The zero-order chi connectivity index (χ0) is 18.0. The van der Waals surface area contributed by atoms with Crippen LogP contribution in [0.1, 0.15) is 5.56 Å². The Balaban J connectivity index is 2.05. The molecule has 0 atom stereocenters. The highest BCUT2D eigenvalue weighted by atomic mass is 35.5. The van der Waals surface area contributed by atoms with Crippen molar-refractivity contribution < 1.29 is 0 Å². The highest BCUT2D eigenvalue weighted by molar-refractivity contribution is 6.32. The summed E-state index contributed by atoms with van der Waals surface area (Å²) in [6.45, 7) is 2.01. The van der Waals surface area contributed by atoms with Crippen LogP contribution in [-0.2, 0) is 0 Å². The van der Waals surface area contributed by atoms with E-state index in [1.165, 1.54) is 5.46 Å². The lowest BCUT2D eigenvalue weighted by Gasteiger charge is -2.14. The number of nitrogens with one attached hydrogen (secondary N) is 1. The van der Waals surface area contributed by atoms with E-state index in [-0.39, 0.29) is 0 Å². The number of nitrogens with zero attached hydrogens (tertiary/aromatic N) is 4. The molecule has 126 valence electrons. The monoisotopic (exact) mass is 351 g/mol. The molecule has 0 bridgehead atoms. The summed E-state index contributed by atoms with van der Waals surface area (Å²) in [6.07, 6.45) is 0. The van der Waals surface area contributed by atoms with Gasteiger partial charge in [0.05, 0.1) is 0 Å². The Bertz CT molecular complexity index is 896. The fraction of sp³-hybridized carbons (Fsp3) is 0.167. The van der Waals surface area contributed by atoms with Gasteiger partial charge >= 0.3 is 0 Å².